The van der Waals surface area contributed by atoms with Crippen molar-refractivity contribution in [1.29, 1.82) is 0 Å². The number of phenolic OH excluding ortho intramolecular Hbond substituents is 1. The molecule has 1 N–H and O–H groups in total. The number of carbonyl (C=O) groups excluding carboxylic acids is 2. The van der Waals surface area contributed by atoms with Crippen LogP contribution in [0.1, 0.15) is 18.9 Å². The Morgan fingerprint density at radius 3 is 2.44 bits per heavy atom. The van der Waals surface area contributed by atoms with Gasteiger partial charge in [0.2, 0.25) is 0 Å². The van der Waals surface area contributed by atoms with E-state index in [1.807, 2.05) is 0 Å². The molecular weight excluding hydrogens is 208 g/mol. The van der Waals surface area contributed by atoms with Crippen LogP contribution in [-0.4, -0.2) is 23.5 Å². The third-order valence-electron chi connectivity index (χ3n) is 1.98. The van der Waals surface area contributed by atoms with Gasteiger partial charge in [-0.15, -0.1) is 0 Å². The number of aromatic hydroxyl groups is 1. The van der Waals surface area contributed by atoms with E-state index in [-0.39, 0.29) is 24.6 Å². The van der Waals surface area contributed by atoms with Crippen molar-refractivity contribution in [3.63, 3.8) is 0 Å². The highest BCUT2D eigenvalue weighted by Crippen LogP contribution is 2.10. The number of carbonyl (C=O) groups is 2. The van der Waals surface area contributed by atoms with Gasteiger partial charge < -0.3 is 9.84 Å². The lowest BCUT2D eigenvalue weighted by Crippen LogP contribution is -2.10. The molecule has 86 valence electrons. The van der Waals surface area contributed by atoms with Crippen LogP contribution < -0.4 is 0 Å². The summed E-state index contributed by atoms with van der Waals surface area (Å²) in [7, 11) is 0. The van der Waals surface area contributed by atoms with Crippen molar-refractivity contribution in [3.8, 4) is 5.75 Å². The van der Waals surface area contributed by atoms with Crippen molar-refractivity contribution >= 4 is 11.8 Å². The molecular formula is C12H14O4. The lowest BCUT2D eigenvalue weighted by molar-refractivity contribution is -0.145. The van der Waals surface area contributed by atoms with Crippen LogP contribution in [0, 0.1) is 0 Å². The van der Waals surface area contributed by atoms with Gasteiger partial charge in [-0.05, 0) is 24.6 Å². The normalized spacial score (nSPS) is 9.81. The van der Waals surface area contributed by atoms with Crippen molar-refractivity contribution in [2.75, 3.05) is 6.61 Å². The van der Waals surface area contributed by atoms with Gasteiger partial charge in [-0.25, -0.2) is 0 Å². The summed E-state index contributed by atoms with van der Waals surface area (Å²) in [6.45, 7) is 1.60. The average Bonchev–Trinajstić information content (AvgIpc) is 2.20. The standard InChI is InChI=1S/C12H14O4/c1-9(13)8-12(15)16-7-6-10-2-4-11(14)5-3-10/h2-5,14H,6-8H2,1H3. The Kier molecular flexibility index (Phi) is 4.51. The van der Waals surface area contributed by atoms with Crippen LogP contribution in [0.4, 0.5) is 0 Å². The summed E-state index contributed by atoms with van der Waals surface area (Å²) in [6, 6.07) is 6.67. The van der Waals surface area contributed by atoms with Gasteiger partial charge in [0.25, 0.3) is 0 Å². The number of rotatable bonds is 5. The zero-order valence-electron chi connectivity index (χ0n) is 9.10. The molecule has 0 heterocycles. The molecule has 0 aliphatic rings. The van der Waals surface area contributed by atoms with Gasteiger partial charge in [-0.2, -0.15) is 0 Å². The first kappa shape index (κ1) is 12.2. The minimum atomic E-state index is -0.494. The van der Waals surface area contributed by atoms with Crippen LogP contribution >= 0.6 is 0 Å². The van der Waals surface area contributed by atoms with E-state index in [0.29, 0.717) is 6.42 Å². The highest BCUT2D eigenvalue weighted by Gasteiger charge is 2.05. The Labute approximate surface area is 93.9 Å². The first-order valence-corrected chi connectivity index (χ1v) is 5.01. The molecule has 0 atom stereocenters. The van der Waals surface area contributed by atoms with Crippen molar-refractivity contribution in [2.24, 2.45) is 0 Å². The molecule has 4 nitrogen and oxygen atoms in total. The number of ketones is 1. The number of ether oxygens (including phenoxy) is 1. The molecule has 0 fully saturated rings. The first-order chi connectivity index (χ1) is 7.58. The number of phenols is 1. The van der Waals surface area contributed by atoms with Crippen LogP contribution in [0.2, 0.25) is 0 Å². The molecule has 0 radical (unpaired) electrons. The predicted molar refractivity (Wildman–Crippen MR) is 58.1 cm³/mol. The first-order valence-electron chi connectivity index (χ1n) is 5.01. The van der Waals surface area contributed by atoms with Crippen LogP contribution in [0.15, 0.2) is 24.3 Å². The highest BCUT2D eigenvalue weighted by molar-refractivity contribution is 5.94. The Morgan fingerprint density at radius 2 is 1.88 bits per heavy atom. The van der Waals surface area contributed by atoms with E-state index in [1.165, 1.54) is 6.92 Å². The van der Waals surface area contributed by atoms with Gasteiger partial charge in [0.1, 0.15) is 18.0 Å². The Bertz CT molecular complexity index is 367. The molecule has 0 amide bonds. The molecule has 0 aliphatic carbocycles. The zero-order valence-corrected chi connectivity index (χ0v) is 9.10. The average molecular weight is 222 g/mol. The molecule has 16 heavy (non-hydrogen) atoms. The quantitative estimate of drug-likeness (QED) is 0.605. The summed E-state index contributed by atoms with van der Waals surface area (Å²) in [6.07, 6.45) is 0.402. The number of hydrogen-bond donors (Lipinski definition) is 1. The smallest absolute Gasteiger partial charge is 0.313 e. The minimum absolute atomic E-state index is 0.171. The second-order valence-corrected chi connectivity index (χ2v) is 3.52. The van der Waals surface area contributed by atoms with E-state index in [9.17, 15) is 9.59 Å². The topological polar surface area (TPSA) is 63.6 Å². The van der Waals surface area contributed by atoms with Crippen molar-refractivity contribution in [2.45, 2.75) is 19.8 Å². The van der Waals surface area contributed by atoms with Gasteiger partial charge in [0, 0.05) is 6.42 Å². The maximum Gasteiger partial charge on any atom is 0.313 e. The summed E-state index contributed by atoms with van der Waals surface area (Å²) in [4.78, 5) is 21.6. The monoisotopic (exact) mass is 222 g/mol. The number of hydrogen-bond acceptors (Lipinski definition) is 4. The zero-order chi connectivity index (χ0) is 12.0. The van der Waals surface area contributed by atoms with Gasteiger partial charge in [0.05, 0.1) is 6.61 Å². The fraction of sp³-hybridized carbons (Fsp3) is 0.333. The van der Waals surface area contributed by atoms with E-state index in [4.69, 9.17) is 9.84 Å². The van der Waals surface area contributed by atoms with Gasteiger partial charge in [-0.3, -0.25) is 9.59 Å². The molecule has 1 rings (SSSR count). The molecule has 0 aromatic heterocycles. The number of Topliss-reactive ketones (excluding diaryl/α,β-unsaturated/α-hetero) is 1. The maximum atomic E-state index is 11.0. The number of benzene rings is 1. The van der Waals surface area contributed by atoms with Crippen LogP contribution in [0.5, 0.6) is 5.75 Å². The second kappa shape index (κ2) is 5.90. The molecule has 1 aromatic carbocycles. The predicted octanol–water partition coefficient (Wildman–Crippen LogP) is 1.46. The molecule has 0 aliphatic heterocycles. The Hall–Kier alpha value is -1.84. The summed E-state index contributed by atoms with van der Waals surface area (Å²) in [5.41, 5.74) is 0.966. The highest BCUT2D eigenvalue weighted by atomic mass is 16.5. The second-order valence-electron chi connectivity index (χ2n) is 3.52. The number of esters is 1. The molecule has 0 spiro atoms. The Balaban J connectivity index is 2.28. The largest absolute Gasteiger partial charge is 0.508 e. The maximum absolute atomic E-state index is 11.0. The molecule has 0 saturated carbocycles. The fourth-order valence-corrected chi connectivity index (χ4v) is 1.20. The Morgan fingerprint density at radius 1 is 1.25 bits per heavy atom. The summed E-state index contributed by atoms with van der Waals surface area (Å²) < 4.78 is 4.86. The van der Waals surface area contributed by atoms with E-state index in [2.05, 4.69) is 0 Å². The van der Waals surface area contributed by atoms with Crippen LogP contribution in [0.3, 0.4) is 0 Å². The fourth-order valence-electron chi connectivity index (χ4n) is 1.20. The third-order valence-corrected chi connectivity index (χ3v) is 1.98. The molecule has 0 bridgehead atoms. The van der Waals surface area contributed by atoms with Crippen molar-refractivity contribution < 1.29 is 19.4 Å². The summed E-state index contributed by atoms with van der Waals surface area (Å²) in [5, 5.41) is 9.05. The molecule has 1 aromatic rings. The molecule has 0 saturated heterocycles. The third kappa shape index (κ3) is 4.59. The molecule has 4 heteroatoms. The van der Waals surface area contributed by atoms with Gasteiger partial charge in [-0.1, -0.05) is 12.1 Å². The van der Waals surface area contributed by atoms with E-state index in [0.717, 1.165) is 5.56 Å². The van der Waals surface area contributed by atoms with Gasteiger partial charge >= 0.3 is 5.97 Å². The minimum Gasteiger partial charge on any atom is -0.508 e. The summed E-state index contributed by atoms with van der Waals surface area (Å²) >= 11 is 0. The van der Waals surface area contributed by atoms with Gasteiger partial charge in [0.15, 0.2) is 0 Å². The van der Waals surface area contributed by atoms with Crippen molar-refractivity contribution in [1.82, 2.24) is 0 Å². The van der Waals surface area contributed by atoms with Crippen LogP contribution in [0.25, 0.3) is 0 Å². The lowest BCUT2D eigenvalue weighted by atomic mass is 10.1. The van der Waals surface area contributed by atoms with Crippen LogP contribution in [-0.2, 0) is 20.7 Å². The van der Waals surface area contributed by atoms with E-state index >= 15 is 0 Å². The van der Waals surface area contributed by atoms with E-state index < -0.39 is 5.97 Å². The SMILES string of the molecule is CC(=O)CC(=O)OCCc1ccc(O)cc1. The van der Waals surface area contributed by atoms with Crippen molar-refractivity contribution in [3.05, 3.63) is 29.8 Å². The lowest BCUT2D eigenvalue weighted by Gasteiger charge is -2.03. The summed E-state index contributed by atoms with van der Waals surface area (Å²) in [5.74, 6) is -0.488. The van der Waals surface area contributed by atoms with E-state index in [1.54, 1.807) is 24.3 Å². The molecule has 0 unspecified atom stereocenters.